The van der Waals surface area contributed by atoms with Crippen LogP contribution in [0.3, 0.4) is 0 Å². The third kappa shape index (κ3) is 1.81. The van der Waals surface area contributed by atoms with Gasteiger partial charge in [0, 0.05) is 11.6 Å². The third-order valence-electron chi connectivity index (χ3n) is 3.92. The number of carbonyl (C=O) groups excluding carboxylic acids is 2. The van der Waals surface area contributed by atoms with Crippen LogP contribution in [-0.2, 0) is 6.54 Å². The molecule has 4 rings (SSSR count). The lowest BCUT2D eigenvalue weighted by atomic mass is 10.1. The van der Waals surface area contributed by atoms with Gasteiger partial charge in [0.05, 0.1) is 23.2 Å². The van der Waals surface area contributed by atoms with Crippen LogP contribution < -0.4 is 0 Å². The van der Waals surface area contributed by atoms with Gasteiger partial charge in [-0.15, -0.1) is 0 Å². The number of imide groups is 1. The summed E-state index contributed by atoms with van der Waals surface area (Å²) in [5.41, 5.74) is 2.63. The Morgan fingerprint density at radius 1 is 0.818 bits per heavy atom. The van der Waals surface area contributed by atoms with Crippen LogP contribution in [0.2, 0.25) is 0 Å². The summed E-state index contributed by atoms with van der Waals surface area (Å²) in [5, 5.41) is 0.997. The lowest BCUT2D eigenvalue weighted by molar-refractivity contribution is 0.0643. The van der Waals surface area contributed by atoms with E-state index < -0.39 is 0 Å². The predicted octanol–water partition coefficient (Wildman–Crippen LogP) is 3.03. The number of pyridine rings is 1. The Hall–Kier alpha value is -3.01. The van der Waals surface area contributed by atoms with Gasteiger partial charge in [-0.1, -0.05) is 36.4 Å². The molecule has 0 fully saturated rings. The fourth-order valence-electron chi connectivity index (χ4n) is 2.85. The third-order valence-corrected chi connectivity index (χ3v) is 3.92. The van der Waals surface area contributed by atoms with Crippen LogP contribution in [0.1, 0.15) is 26.3 Å². The van der Waals surface area contributed by atoms with E-state index in [0.717, 1.165) is 16.5 Å². The number of para-hydroxylation sites is 1. The molecule has 0 atom stereocenters. The first kappa shape index (κ1) is 12.7. The number of hydrogen-bond acceptors (Lipinski definition) is 3. The summed E-state index contributed by atoms with van der Waals surface area (Å²) in [6.07, 6.45) is 1.72. The van der Waals surface area contributed by atoms with Crippen molar-refractivity contribution < 1.29 is 9.59 Å². The SMILES string of the molecule is O=C1c2ccccc2C(=O)N1Cc1cccc2cccnc12. The Labute approximate surface area is 127 Å². The Kier molecular flexibility index (Phi) is 2.76. The Balaban J connectivity index is 1.76. The van der Waals surface area contributed by atoms with Gasteiger partial charge in [0.1, 0.15) is 0 Å². The highest BCUT2D eigenvalue weighted by Crippen LogP contribution is 2.26. The van der Waals surface area contributed by atoms with Crippen LogP contribution in [0.5, 0.6) is 0 Å². The number of fused-ring (bicyclic) bond motifs is 2. The molecule has 3 aromatic rings. The summed E-state index contributed by atoms with van der Waals surface area (Å²) in [6, 6.07) is 16.5. The molecule has 0 bridgehead atoms. The van der Waals surface area contributed by atoms with E-state index in [1.807, 2.05) is 30.3 Å². The first-order valence-corrected chi connectivity index (χ1v) is 7.03. The minimum absolute atomic E-state index is 0.237. The average molecular weight is 288 g/mol. The van der Waals surface area contributed by atoms with E-state index in [1.165, 1.54) is 4.90 Å². The maximum Gasteiger partial charge on any atom is 0.261 e. The van der Waals surface area contributed by atoms with Crippen LogP contribution >= 0.6 is 0 Å². The average Bonchev–Trinajstić information content (AvgIpc) is 2.81. The van der Waals surface area contributed by atoms with Crippen molar-refractivity contribution in [2.24, 2.45) is 0 Å². The van der Waals surface area contributed by atoms with Crippen LogP contribution in [0, 0.1) is 0 Å². The van der Waals surface area contributed by atoms with Gasteiger partial charge in [-0.25, -0.2) is 0 Å². The Morgan fingerprint density at radius 2 is 1.50 bits per heavy atom. The highest BCUT2D eigenvalue weighted by molar-refractivity contribution is 6.21. The van der Waals surface area contributed by atoms with Crippen molar-refractivity contribution in [2.75, 3.05) is 0 Å². The Morgan fingerprint density at radius 3 is 2.23 bits per heavy atom. The number of rotatable bonds is 2. The van der Waals surface area contributed by atoms with Gasteiger partial charge in [0.2, 0.25) is 0 Å². The second kappa shape index (κ2) is 4.77. The van der Waals surface area contributed by atoms with Gasteiger partial charge in [-0.05, 0) is 23.8 Å². The monoisotopic (exact) mass is 288 g/mol. The molecule has 22 heavy (non-hydrogen) atoms. The molecule has 0 aliphatic carbocycles. The smallest absolute Gasteiger partial charge is 0.261 e. The Bertz CT molecular complexity index is 877. The van der Waals surface area contributed by atoms with E-state index in [1.54, 1.807) is 30.5 Å². The minimum Gasteiger partial charge on any atom is -0.270 e. The van der Waals surface area contributed by atoms with Gasteiger partial charge < -0.3 is 0 Å². The molecule has 0 N–H and O–H groups in total. The summed E-state index contributed by atoms with van der Waals surface area (Å²) in [6.45, 7) is 0.237. The molecule has 1 aromatic heterocycles. The number of aromatic nitrogens is 1. The lowest BCUT2D eigenvalue weighted by Crippen LogP contribution is -2.29. The fourth-order valence-corrected chi connectivity index (χ4v) is 2.85. The molecule has 106 valence electrons. The van der Waals surface area contributed by atoms with Gasteiger partial charge >= 0.3 is 0 Å². The van der Waals surface area contributed by atoms with E-state index in [9.17, 15) is 9.59 Å². The summed E-state index contributed by atoms with van der Waals surface area (Å²) >= 11 is 0. The molecule has 0 unspecified atom stereocenters. The molecule has 0 spiro atoms. The first-order chi connectivity index (χ1) is 10.8. The summed E-state index contributed by atoms with van der Waals surface area (Å²) in [7, 11) is 0. The molecule has 0 radical (unpaired) electrons. The van der Waals surface area contributed by atoms with Gasteiger partial charge in [-0.2, -0.15) is 0 Å². The van der Waals surface area contributed by atoms with Crippen molar-refractivity contribution in [1.82, 2.24) is 9.88 Å². The minimum atomic E-state index is -0.242. The van der Waals surface area contributed by atoms with Gasteiger partial charge in [0.15, 0.2) is 0 Å². The second-order valence-corrected chi connectivity index (χ2v) is 5.23. The van der Waals surface area contributed by atoms with Crippen molar-refractivity contribution in [3.63, 3.8) is 0 Å². The quantitative estimate of drug-likeness (QED) is 0.681. The lowest BCUT2D eigenvalue weighted by Gasteiger charge is -2.15. The van der Waals surface area contributed by atoms with E-state index in [4.69, 9.17) is 0 Å². The fraction of sp³-hybridized carbons (Fsp3) is 0.0556. The van der Waals surface area contributed by atoms with Gasteiger partial charge in [0.25, 0.3) is 11.8 Å². The van der Waals surface area contributed by atoms with Crippen LogP contribution in [0.4, 0.5) is 0 Å². The molecule has 2 amide bonds. The molecule has 1 aliphatic heterocycles. The standard InChI is InChI=1S/C18H12N2O2/c21-17-14-8-1-2-9-15(14)18(22)20(17)11-13-6-3-5-12-7-4-10-19-16(12)13/h1-10H,11H2. The van der Waals surface area contributed by atoms with E-state index >= 15 is 0 Å². The zero-order chi connectivity index (χ0) is 15.1. The first-order valence-electron chi connectivity index (χ1n) is 7.03. The van der Waals surface area contributed by atoms with Crippen molar-refractivity contribution in [1.29, 1.82) is 0 Å². The highest BCUT2D eigenvalue weighted by atomic mass is 16.2. The summed E-state index contributed by atoms with van der Waals surface area (Å²) in [4.78, 5) is 30.5. The predicted molar refractivity (Wildman–Crippen MR) is 82.4 cm³/mol. The summed E-state index contributed by atoms with van der Waals surface area (Å²) < 4.78 is 0. The van der Waals surface area contributed by atoms with Crippen molar-refractivity contribution in [3.05, 3.63) is 77.5 Å². The molecule has 2 heterocycles. The number of hydrogen-bond donors (Lipinski definition) is 0. The largest absolute Gasteiger partial charge is 0.270 e. The van der Waals surface area contributed by atoms with Crippen molar-refractivity contribution >= 4 is 22.7 Å². The van der Waals surface area contributed by atoms with Gasteiger partial charge in [-0.3, -0.25) is 19.5 Å². The van der Waals surface area contributed by atoms with E-state index in [2.05, 4.69) is 4.98 Å². The molecule has 0 saturated heterocycles. The molecule has 1 aliphatic rings. The van der Waals surface area contributed by atoms with Crippen molar-refractivity contribution in [3.8, 4) is 0 Å². The molecular weight excluding hydrogens is 276 g/mol. The number of carbonyl (C=O) groups is 2. The van der Waals surface area contributed by atoms with Crippen LogP contribution in [0.25, 0.3) is 10.9 Å². The van der Waals surface area contributed by atoms with E-state index in [0.29, 0.717) is 11.1 Å². The highest BCUT2D eigenvalue weighted by Gasteiger charge is 2.35. The number of amides is 2. The van der Waals surface area contributed by atoms with Crippen LogP contribution in [0.15, 0.2) is 60.8 Å². The molecule has 4 heteroatoms. The molecule has 0 saturated carbocycles. The summed E-state index contributed by atoms with van der Waals surface area (Å²) in [5.74, 6) is -0.484. The van der Waals surface area contributed by atoms with Crippen molar-refractivity contribution in [2.45, 2.75) is 6.54 Å². The number of nitrogens with zero attached hydrogens (tertiary/aromatic N) is 2. The molecule has 2 aromatic carbocycles. The maximum absolute atomic E-state index is 12.4. The normalized spacial score (nSPS) is 13.7. The zero-order valence-electron chi connectivity index (χ0n) is 11.7. The molecular formula is C18H12N2O2. The van der Waals surface area contributed by atoms with E-state index in [-0.39, 0.29) is 18.4 Å². The maximum atomic E-state index is 12.4. The topological polar surface area (TPSA) is 50.3 Å². The molecule has 4 nitrogen and oxygen atoms in total. The second-order valence-electron chi connectivity index (χ2n) is 5.23. The van der Waals surface area contributed by atoms with Crippen LogP contribution in [-0.4, -0.2) is 21.7 Å². The number of benzene rings is 2. The zero-order valence-corrected chi connectivity index (χ0v) is 11.7.